The zero-order valence-electron chi connectivity index (χ0n) is 11.1. The van der Waals surface area contributed by atoms with Crippen LogP contribution in [0.4, 0.5) is 4.39 Å². The van der Waals surface area contributed by atoms with Crippen molar-refractivity contribution in [2.24, 2.45) is 0 Å². The Hall–Kier alpha value is -0.910. The minimum Gasteiger partial charge on any atom is -0.309 e. The molecule has 1 N–H and O–H groups in total. The maximum absolute atomic E-state index is 13.3. The molecule has 0 saturated carbocycles. The summed E-state index contributed by atoms with van der Waals surface area (Å²) in [7, 11) is 0. The first-order valence-electron chi connectivity index (χ1n) is 6.41. The first kappa shape index (κ1) is 15.5. The summed E-state index contributed by atoms with van der Waals surface area (Å²) in [5.74, 6) is 0.535. The molecular weight excluding hydrogens is 339 g/mol. The molecule has 0 radical (unpaired) electrons. The number of thioether (sulfide) groups is 1. The standard InChI is InChI=1S/C15H16BrFN2S/c1-2-19-15(11-6-13(17)9-18-8-11)10-20-14-5-3-4-12(16)7-14/h3-9,15,19H,2,10H2,1H3. The van der Waals surface area contributed by atoms with Gasteiger partial charge in [0.1, 0.15) is 5.82 Å². The van der Waals surface area contributed by atoms with Gasteiger partial charge in [-0.15, -0.1) is 11.8 Å². The minimum absolute atomic E-state index is 0.0900. The van der Waals surface area contributed by atoms with Crippen LogP contribution in [0.2, 0.25) is 0 Å². The van der Waals surface area contributed by atoms with Crippen LogP contribution in [0.3, 0.4) is 0 Å². The number of halogens is 2. The molecule has 0 spiro atoms. The summed E-state index contributed by atoms with van der Waals surface area (Å²) in [6.07, 6.45) is 2.95. The van der Waals surface area contributed by atoms with E-state index < -0.39 is 0 Å². The van der Waals surface area contributed by atoms with E-state index in [-0.39, 0.29) is 11.9 Å². The largest absolute Gasteiger partial charge is 0.309 e. The topological polar surface area (TPSA) is 24.9 Å². The summed E-state index contributed by atoms with van der Waals surface area (Å²) in [6.45, 7) is 2.88. The Morgan fingerprint density at radius 1 is 1.35 bits per heavy atom. The van der Waals surface area contributed by atoms with Gasteiger partial charge in [0.25, 0.3) is 0 Å². The van der Waals surface area contributed by atoms with E-state index in [0.717, 1.165) is 22.3 Å². The number of hydrogen-bond acceptors (Lipinski definition) is 3. The first-order chi connectivity index (χ1) is 9.69. The Balaban J connectivity index is 2.06. The SMILES string of the molecule is CCNC(CSc1cccc(Br)c1)c1cncc(F)c1. The Bertz CT molecular complexity index is 565. The maximum atomic E-state index is 13.3. The Morgan fingerprint density at radius 2 is 2.20 bits per heavy atom. The lowest BCUT2D eigenvalue weighted by molar-refractivity contribution is 0.582. The fourth-order valence-corrected chi connectivity index (χ4v) is 3.48. The molecule has 0 bridgehead atoms. The van der Waals surface area contributed by atoms with E-state index in [1.807, 2.05) is 19.1 Å². The number of hydrogen-bond donors (Lipinski definition) is 1. The Labute approximate surface area is 131 Å². The summed E-state index contributed by atoms with van der Waals surface area (Å²) >= 11 is 5.21. The number of benzene rings is 1. The van der Waals surface area contributed by atoms with Crippen molar-refractivity contribution in [2.45, 2.75) is 17.9 Å². The molecule has 0 saturated heterocycles. The third kappa shape index (κ3) is 4.58. The predicted molar refractivity (Wildman–Crippen MR) is 85.5 cm³/mol. The zero-order valence-corrected chi connectivity index (χ0v) is 13.5. The molecule has 1 heterocycles. The summed E-state index contributed by atoms with van der Waals surface area (Å²) < 4.78 is 14.3. The van der Waals surface area contributed by atoms with Crippen LogP contribution in [0.25, 0.3) is 0 Å². The molecule has 1 aromatic carbocycles. The molecular formula is C15H16BrFN2S. The van der Waals surface area contributed by atoms with Gasteiger partial charge >= 0.3 is 0 Å². The van der Waals surface area contributed by atoms with E-state index in [1.165, 1.54) is 11.1 Å². The lowest BCUT2D eigenvalue weighted by Gasteiger charge is -2.17. The molecule has 2 aromatic rings. The smallest absolute Gasteiger partial charge is 0.141 e. The summed E-state index contributed by atoms with van der Waals surface area (Å²) in [6, 6.07) is 9.80. The maximum Gasteiger partial charge on any atom is 0.141 e. The summed E-state index contributed by atoms with van der Waals surface area (Å²) in [5.41, 5.74) is 0.884. The van der Waals surface area contributed by atoms with Crippen LogP contribution in [0.15, 0.2) is 52.1 Å². The monoisotopic (exact) mass is 354 g/mol. The molecule has 0 fully saturated rings. The number of pyridine rings is 1. The average molecular weight is 355 g/mol. The summed E-state index contributed by atoms with van der Waals surface area (Å²) in [4.78, 5) is 5.11. The molecule has 1 unspecified atom stereocenters. The van der Waals surface area contributed by atoms with Crippen LogP contribution in [0.5, 0.6) is 0 Å². The van der Waals surface area contributed by atoms with Gasteiger partial charge in [0.05, 0.1) is 6.20 Å². The minimum atomic E-state index is -0.294. The van der Waals surface area contributed by atoms with Gasteiger partial charge in [-0.25, -0.2) is 4.39 Å². The van der Waals surface area contributed by atoms with Crippen LogP contribution in [-0.4, -0.2) is 17.3 Å². The number of aromatic nitrogens is 1. The second-order valence-corrected chi connectivity index (χ2v) is 6.32. The van der Waals surface area contributed by atoms with Crippen molar-refractivity contribution in [3.05, 3.63) is 58.6 Å². The van der Waals surface area contributed by atoms with Crippen LogP contribution in [0.1, 0.15) is 18.5 Å². The normalized spacial score (nSPS) is 12.3. The zero-order chi connectivity index (χ0) is 14.4. The highest BCUT2D eigenvalue weighted by molar-refractivity contribution is 9.10. The van der Waals surface area contributed by atoms with E-state index in [1.54, 1.807) is 24.0 Å². The lowest BCUT2D eigenvalue weighted by atomic mass is 10.1. The van der Waals surface area contributed by atoms with E-state index >= 15 is 0 Å². The predicted octanol–water partition coefficient (Wildman–Crippen LogP) is 4.43. The van der Waals surface area contributed by atoms with Crippen molar-refractivity contribution in [2.75, 3.05) is 12.3 Å². The summed E-state index contributed by atoms with van der Waals surface area (Å²) in [5, 5.41) is 3.37. The van der Waals surface area contributed by atoms with Crippen molar-refractivity contribution >= 4 is 27.7 Å². The molecule has 2 nitrogen and oxygen atoms in total. The van der Waals surface area contributed by atoms with Gasteiger partial charge in [0.15, 0.2) is 0 Å². The van der Waals surface area contributed by atoms with Crippen LogP contribution < -0.4 is 5.32 Å². The van der Waals surface area contributed by atoms with Crippen molar-refractivity contribution in [3.8, 4) is 0 Å². The third-order valence-electron chi connectivity index (χ3n) is 2.79. The van der Waals surface area contributed by atoms with Gasteiger partial charge in [-0.3, -0.25) is 4.98 Å². The Kier molecular flexibility index (Phi) is 6.01. The van der Waals surface area contributed by atoms with E-state index in [2.05, 4.69) is 38.4 Å². The number of nitrogens with zero attached hydrogens (tertiary/aromatic N) is 1. The molecule has 0 aliphatic carbocycles. The van der Waals surface area contributed by atoms with Gasteiger partial charge in [0.2, 0.25) is 0 Å². The molecule has 1 atom stereocenters. The van der Waals surface area contributed by atoms with Crippen LogP contribution in [-0.2, 0) is 0 Å². The van der Waals surface area contributed by atoms with Crippen molar-refractivity contribution < 1.29 is 4.39 Å². The van der Waals surface area contributed by atoms with Gasteiger partial charge in [-0.2, -0.15) is 0 Å². The van der Waals surface area contributed by atoms with Crippen molar-refractivity contribution in [3.63, 3.8) is 0 Å². The molecule has 2 rings (SSSR count). The second-order valence-electron chi connectivity index (χ2n) is 4.32. The highest BCUT2D eigenvalue weighted by atomic mass is 79.9. The van der Waals surface area contributed by atoms with Crippen molar-refractivity contribution in [1.29, 1.82) is 0 Å². The molecule has 20 heavy (non-hydrogen) atoms. The Morgan fingerprint density at radius 3 is 2.90 bits per heavy atom. The van der Waals surface area contributed by atoms with Gasteiger partial charge in [-0.1, -0.05) is 28.9 Å². The highest BCUT2D eigenvalue weighted by Gasteiger charge is 2.12. The lowest BCUT2D eigenvalue weighted by Crippen LogP contribution is -2.23. The van der Waals surface area contributed by atoms with Crippen molar-refractivity contribution in [1.82, 2.24) is 10.3 Å². The van der Waals surface area contributed by atoms with Crippen LogP contribution in [0, 0.1) is 5.82 Å². The molecule has 0 amide bonds. The third-order valence-corrected chi connectivity index (χ3v) is 4.37. The molecule has 106 valence electrons. The quantitative estimate of drug-likeness (QED) is 0.777. The number of rotatable bonds is 6. The fourth-order valence-electron chi connectivity index (χ4n) is 1.87. The molecule has 0 aliphatic heterocycles. The van der Waals surface area contributed by atoms with E-state index in [0.29, 0.717) is 0 Å². The van der Waals surface area contributed by atoms with Gasteiger partial charge in [0, 0.05) is 27.4 Å². The molecule has 0 aliphatic rings. The first-order valence-corrected chi connectivity index (χ1v) is 8.19. The molecule has 1 aromatic heterocycles. The average Bonchev–Trinajstić information content (AvgIpc) is 2.43. The number of nitrogens with one attached hydrogen (secondary N) is 1. The molecule has 5 heteroatoms. The van der Waals surface area contributed by atoms with Crippen LogP contribution >= 0.6 is 27.7 Å². The highest BCUT2D eigenvalue weighted by Crippen LogP contribution is 2.26. The van der Waals surface area contributed by atoms with E-state index in [9.17, 15) is 4.39 Å². The van der Waals surface area contributed by atoms with Gasteiger partial charge in [-0.05, 0) is 36.4 Å². The van der Waals surface area contributed by atoms with Gasteiger partial charge < -0.3 is 5.32 Å². The fraction of sp³-hybridized carbons (Fsp3) is 0.267. The van der Waals surface area contributed by atoms with E-state index in [4.69, 9.17) is 0 Å². The second kappa shape index (κ2) is 7.76.